The van der Waals surface area contributed by atoms with Crippen LogP contribution in [0.25, 0.3) is 5.69 Å². The molecule has 25 heavy (non-hydrogen) atoms. The summed E-state index contributed by atoms with van der Waals surface area (Å²) in [5.74, 6) is 0. The number of nitrogens with one attached hydrogen (secondary N) is 2. The lowest BCUT2D eigenvalue weighted by molar-refractivity contribution is 0.794. The van der Waals surface area contributed by atoms with Crippen molar-refractivity contribution in [2.24, 2.45) is 5.10 Å². The van der Waals surface area contributed by atoms with Crippen LogP contribution in [-0.4, -0.2) is 22.4 Å². The number of rotatable bonds is 7. The topological polar surface area (TPSA) is 41.4 Å². The minimum Gasteiger partial charge on any atom is -0.362 e. The zero-order chi connectivity index (χ0) is 18.2. The van der Waals surface area contributed by atoms with Gasteiger partial charge >= 0.3 is 0 Å². The van der Waals surface area contributed by atoms with Gasteiger partial charge in [0.25, 0.3) is 0 Å². The van der Waals surface area contributed by atoms with Crippen molar-refractivity contribution in [1.82, 2.24) is 15.3 Å². The summed E-state index contributed by atoms with van der Waals surface area (Å²) in [6.45, 7) is 9.24. The lowest BCUT2D eigenvalue weighted by Crippen LogP contribution is -2.31. The molecule has 0 unspecified atom stereocenters. The van der Waals surface area contributed by atoms with Crippen LogP contribution < -0.4 is 10.7 Å². The molecule has 5 heteroatoms. The fourth-order valence-corrected chi connectivity index (χ4v) is 3.07. The Morgan fingerprint density at radius 2 is 1.92 bits per heavy atom. The molecule has 1 heterocycles. The Hall–Kier alpha value is -2.14. The SMILES string of the molecule is CCCCc1ccc(-n2c(C)cc(C=NNC(=S)NCC)c2C)cc1. The zero-order valence-electron chi connectivity index (χ0n) is 15.6. The molecule has 0 saturated heterocycles. The van der Waals surface area contributed by atoms with Gasteiger partial charge in [0.1, 0.15) is 0 Å². The first-order chi connectivity index (χ1) is 12.1. The lowest BCUT2D eigenvalue weighted by Gasteiger charge is -2.10. The Morgan fingerprint density at radius 3 is 2.56 bits per heavy atom. The van der Waals surface area contributed by atoms with E-state index in [0.29, 0.717) is 5.11 Å². The summed E-state index contributed by atoms with van der Waals surface area (Å²) in [7, 11) is 0. The molecule has 2 aromatic rings. The average Bonchev–Trinajstić information content (AvgIpc) is 2.88. The molecule has 1 aromatic heterocycles. The Bertz CT molecular complexity index is 729. The minimum absolute atomic E-state index is 0.537. The fourth-order valence-electron chi connectivity index (χ4n) is 2.87. The van der Waals surface area contributed by atoms with E-state index in [1.165, 1.54) is 35.5 Å². The van der Waals surface area contributed by atoms with E-state index in [1.54, 1.807) is 0 Å². The van der Waals surface area contributed by atoms with Gasteiger partial charge in [0.05, 0.1) is 6.21 Å². The van der Waals surface area contributed by atoms with Crippen molar-refractivity contribution < 1.29 is 0 Å². The Morgan fingerprint density at radius 1 is 1.20 bits per heavy atom. The van der Waals surface area contributed by atoms with Gasteiger partial charge in [0.15, 0.2) is 5.11 Å². The van der Waals surface area contributed by atoms with Gasteiger partial charge in [-0.1, -0.05) is 25.5 Å². The standard InChI is InChI=1S/C20H28N4S/c1-5-7-8-17-9-11-19(12-10-17)24-15(3)13-18(16(24)4)14-22-23-20(25)21-6-2/h9-14H,5-8H2,1-4H3,(H2,21,23,25). The van der Waals surface area contributed by atoms with Crippen molar-refractivity contribution in [3.8, 4) is 5.69 Å². The van der Waals surface area contributed by atoms with E-state index in [9.17, 15) is 0 Å². The van der Waals surface area contributed by atoms with Crippen molar-refractivity contribution >= 4 is 23.5 Å². The molecule has 4 nitrogen and oxygen atoms in total. The van der Waals surface area contributed by atoms with Gasteiger partial charge in [-0.05, 0) is 69.6 Å². The van der Waals surface area contributed by atoms with Gasteiger partial charge in [-0.2, -0.15) is 5.10 Å². The Kier molecular flexibility index (Phi) is 7.19. The van der Waals surface area contributed by atoms with Gasteiger partial charge < -0.3 is 9.88 Å². The van der Waals surface area contributed by atoms with E-state index < -0.39 is 0 Å². The highest BCUT2D eigenvalue weighted by atomic mass is 32.1. The van der Waals surface area contributed by atoms with Crippen LogP contribution in [0.4, 0.5) is 0 Å². The number of hydrazone groups is 1. The average molecular weight is 357 g/mol. The van der Waals surface area contributed by atoms with Crippen molar-refractivity contribution in [2.75, 3.05) is 6.54 Å². The largest absolute Gasteiger partial charge is 0.362 e. The summed E-state index contributed by atoms with van der Waals surface area (Å²) in [5, 5.41) is 7.77. The normalized spacial score (nSPS) is 11.0. The van der Waals surface area contributed by atoms with Gasteiger partial charge in [0.2, 0.25) is 0 Å². The van der Waals surface area contributed by atoms with Crippen LogP contribution in [0.5, 0.6) is 0 Å². The third kappa shape index (κ3) is 5.16. The molecule has 0 aliphatic carbocycles. The molecule has 0 atom stereocenters. The molecule has 2 rings (SSSR count). The maximum absolute atomic E-state index is 5.11. The molecular formula is C20H28N4S. The summed E-state index contributed by atoms with van der Waals surface area (Å²) in [5.41, 5.74) is 8.86. The minimum atomic E-state index is 0.537. The molecule has 0 aliphatic rings. The first-order valence-corrected chi connectivity index (χ1v) is 9.32. The van der Waals surface area contributed by atoms with Crippen molar-refractivity contribution in [3.05, 3.63) is 52.8 Å². The van der Waals surface area contributed by atoms with Gasteiger partial charge in [0, 0.05) is 29.2 Å². The first kappa shape index (κ1) is 19.2. The number of benzene rings is 1. The molecule has 0 saturated carbocycles. The molecule has 0 radical (unpaired) electrons. The summed E-state index contributed by atoms with van der Waals surface area (Å²) >= 11 is 5.11. The van der Waals surface area contributed by atoms with E-state index in [2.05, 4.69) is 71.5 Å². The quantitative estimate of drug-likeness (QED) is 0.443. The molecule has 0 fully saturated rings. The molecule has 0 amide bonds. The van der Waals surface area contributed by atoms with E-state index in [1.807, 2.05) is 13.1 Å². The Balaban J connectivity index is 2.15. The maximum atomic E-state index is 5.11. The number of thiocarbonyl (C=S) groups is 1. The van der Waals surface area contributed by atoms with E-state index in [0.717, 1.165) is 18.5 Å². The van der Waals surface area contributed by atoms with Crippen LogP contribution in [0.1, 0.15) is 49.2 Å². The molecule has 1 aromatic carbocycles. The van der Waals surface area contributed by atoms with Crippen LogP contribution in [0.15, 0.2) is 35.4 Å². The third-order valence-electron chi connectivity index (χ3n) is 4.19. The second-order valence-corrected chi connectivity index (χ2v) is 6.57. The van der Waals surface area contributed by atoms with Crippen LogP contribution in [-0.2, 0) is 6.42 Å². The summed E-state index contributed by atoms with van der Waals surface area (Å²) < 4.78 is 2.26. The monoisotopic (exact) mass is 356 g/mol. The van der Waals surface area contributed by atoms with Crippen molar-refractivity contribution in [1.29, 1.82) is 0 Å². The Labute approximate surface area is 156 Å². The fraction of sp³-hybridized carbons (Fsp3) is 0.400. The van der Waals surface area contributed by atoms with Crippen LogP contribution in [0.2, 0.25) is 0 Å². The number of nitrogens with zero attached hydrogens (tertiary/aromatic N) is 2. The molecule has 2 N–H and O–H groups in total. The zero-order valence-corrected chi connectivity index (χ0v) is 16.4. The summed E-state index contributed by atoms with van der Waals surface area (Å²) in [6, 6.07) is 11.0. The predicted octanol–water partition coefficient (Wildman–Crippen LogP) is 4.25. The van der Waals surface area contributed by atoms with E-state index >= 15 is 0 Å². The second-order valence-electron chi connectivity index (χ2n) is 6.16. The molecule has 0 aliphatic heterocycles. The van der Waals surface area contributed by atoms with Crippen LogP contribution in [0, 0.1) is 13.8 Å². The third-order valence-corrected chi connectivity index (χ3v) is 4.43. The van der Waals surface area contributed by atoms with Gasteiger partial charge in [-0.15, -0.1) is 0 Å². The molecular weight excluding hydrogens is 328 g/mol. The van der Waals surface area contributed by atoms with Crippen molar-refractivity contribution in [3.63, 3.8) is 0 Å². The highest BCUT2D eigenvalue weighted by Crippen LogP contribution is 2.20. The van der Waals surface area contributed by atoms with E-state index in [-0.39, 0.29) is 0 Å². The highest BCUT2D eigenvalue weighted by Gasteiger charge is 2.09. The second kappa shape index (κ2) is 9.37. The van der Waals surface area contributed by atoms with Gasteiger partial charge in [-0.3, -0.25) is 5.43 Å². The van der Waals surface area contributed by atoms with E-state index in [4.69, 9.17) is 12.2 Å². The smallest absolute Gasteiger partial charge is 0.186 e. The molecule has 0 bridgehead atoms. The number of hydrogen-bond donors (Lipinski definition) is 2. The van der Waals surface area contributed by atoms with Gasteiger partial charge in [-0.25, -0.2) is 0 Å². The van der Waals surface area contributed by atoms with Crippen molar-refractivity contribution in [2.45, 2.75) is 47.0 Å². The lowest BCUT2D eigenvalue weighted by atomic mass is 10.1. The number of aryl methyl sites for hydroxylation is 2. The highest BCUT2D eigenvalue weighted by molar-refractivity contribution is 7.80. The summed E-state index contributed by atoms with van der Waals surface area (Å²) in [4.78, 5) is 0. The number of hydrogen-bond acceptors (Lipinski definition) is 2. The maximum Gasteiger partial charge on any atom is 0.186 e. The molecule has 134 valence electrons. The predicted molar refractivity (Wildman–Crippen MR) is 111 cm³/mol. The molecule has 0 spiro atoms. The number of unbranched alkanes of at least 4 members (excludes halogenated alkanes) is 1. The first-order valence-electron chi connectivity index (χ1n) is 8.92. The van der Waals surface area contributed by atoms with Crippen LogP contribution in [0.3, 0.4) is 0 Å². The number of aromatic nitrogens is 1. The summed E-state index contributed by atoms with van der Waals surface area (Å²) in [6.07, 6.45) is 5.43. The van der Waals surface area contributed by atoms with Crippen LogP contribution >= 0.6 is 12.2 Å².